The van der Waals surface area contributed by atoms with Gasteiger partial charge in [0.1, 0.15) is 6.04 Å². The van der Waals surface area contributed by atoms with Crippen molar-refractivity contribution in [3.05, 3.63) is 41.5 Å². The van der Waals surface area contributed by atoms with E-state index in [0.717, 1.165) is 48.0 Å². The molecule has 8 nitrogen and oxygen atoms in total. The van der Waals surface area contributed by atoms with Crippen molar-refractivity contribution in [1.82, 2.24) is 10.2 Å². The van der Waals surface area contributed by atoms with Gasteiger partial charge < -0.3 is 5.11 Å². The molecule has 3 amide bonds. The summed E-state index contributed by atoms with van der Waals surface area (Å²) in [6.45, 7) is 1.51. The van der Waals surface area contributed by atoms with E-state index < -0.39 is 17.9 Å². The molecule has 1 unspecified atom stereocenters. The Kier molecular flexibility index (Phi) is 5.92. The van der Waals surface area contributed by atoms with E-state index in [2.05, 4.69) is 5.32 Å². The van der Waals surface area contributed by atoms with Gasteiger partial charge in [-0.25, -0.2) is 0 Å². The molecule has 32 heavy (non-hydrogen) atoms. The number of carbonyl (C=O) groups excluding carboxylic acids is 3. The molecule has 1 atom stereocenters. The molecule has 3 aliphatic heterocycles. The maximum Gasteiger partial charge on any atom is 0.317 e. The van der Waals surface area contributed by atoms with Gasteiger partial charge >= 0.3 is 5.97 Å². The van der Waals surface area contributed by atoms with Crippen molar-refractivity contribution in [1.29, 1.82) is 0 Å². The number of hydrogen-bond acceptors (Lipinski definition) is 5. The Balaban J connectivity index is 0.00000245. The average Bonchev–Trinajstić information content (AvgIpc) is 3.02. The molecule has 3 aliphatic rings. The number of aliphatic carboxylic acids is 1. The van der Waals surface area contributed by atoms with Crippen LogP contribution < -0.4 is 10.2 Å². The molecule has 168 valence electrons. The first kappa shape index (κ1) is 22.2. The zero-order valence-electron chi connectivity index (χ0n) is 17.4. The van der Waals surface area contributed by atoms with Crippen LogP contribution in [-0.2, 0) is 14.4 Å². The molecule has 0 aliphatic carbocycles. The third-order valence-corrected chi connectivity index (χ3v) is 6.67. The highest BCUT2D eigenvalue weighted by molar-refractivity contribution is 6.27. The van der Waals surface area contributed by atoms with Gasteiger partial charge in [-0.15, -0.1) is 12.4 Å². The van der Waals surface area contributed by atoms with E-state index in [9.17, 15) is 19.2 Å². The number of nitrogens with one attached hydrogen (secondary N) is 1. The second-order valence-electron chi connectivity index (χ2n) is 8.49. The van der Waals surface area contributed by atoms with Crippen molar-refractivity contribution in [3.8, 4) is 0 Å². The minimum Gasteiger partial charge on any atom is -0.480 e. The summed E-state index contributed by atoms with van der Waals surface area (Å²) in [5.41, 5.74) is 2.47. The predicted octanol–water partition coefficient (Wildman–Crippen LogP) is 2.29. The smallest absolute Gasteiger partial charge is 0.317 e. The summed E-state index contributed by atoms with van der Waals surface area (Å²) >= 11 is 0. The molecule has 2 fully saturated rings. The van der Waals surface area contributed by atoms with Crippen LogP contribution in [0.15, 0.2) is 30.3 Å². The van der Waals surface area contributed by atoms with E-state index in [0.29, 0.717) is 12.0 Å². The summed E-state index contributed by atoms with van der Waals surface area (Å²) in [4.78, 5) is 51.7. The van der Waals surface area contributed by atoms with Crippen molar-refractivity contribution >= 4 is 52.6 Å². The van der Waals surface area contributed by atoms with Crippen LogP contribution in [0.2, 0.25) is 0 Å². The lowest BCUT2D eigenvalue weighted by atomic mass is 9.85. The maximum absolute atomic E-state index is 13.2. The van der Waals surface area contributed by atoms with Gasteiger partial charge in [-0.2, -0.15) is 0 Å². The SMILES string of the molecule is Cl.O=C(O)CN1CCC(c2ccc3c4c(cccc24)N(C2CCC(=O)NC2=O)C3=O)CC1. The molecule has 0 radical (unpaired) electrons. The molecule has 3 heterocycles. The highest BCUT2D eigenvalue weighted by Gasteiger charge is 2.41. The molecule has 0 saturated carbocycles. The van der Waals surface area contributed by atoms with E-state index in [1.807, 2.05) is 35.2 Å². The molecule has 0 spiro atoms. The molecule has 9 heteroatoms. The summed E-state index contributed by atoms with van der Waals surface area (Å²) in [5.74, 6) is -1.46. The molecule has 0 aromatic heterocycles. The largest absolute Gasteiger partial charge is 0.480 e. The number of carbonyl (C=O) groups is 4. The fourth-order valence-corrected chi connectivity index (χ4v) is 5.22. The number of carboxylic acid groups (broad SMARTS) is 1. The van der Waals surface area contributed by atoms with Crippen LogP contribution in [0.1, 0.15) is 47.5 Å². The van der Waals surface area contributed by atoms with Gasteiger partial charge in [-0.05, 0) is 61.4 Å². The number of anilines is 1. The first-order valence-corrected chi connectivity index (χ1v) is 10.6. The minimum atomic E-state index is -0.809. The van der Waals surface area contributed by atoms with Crippen LogP contribution >= 0.6 is 12.4 Å². The second-order valence-corrected chi connectivity index (χ2v) is 8.49. The zero-order valence-corrected chi connectivity index (χ0v) is 18.2. The number of amides is 3. The van der Waals surface area contributed by atoms with Gasteiger partial charge in [0.25, 0.3) is 5.91 Å². The Morgan fingerprint density at radius 3 is 2.50 bits per heavy atom. The fraction of sp³-hybridized carbons (Fsp3) is 0.391. The summed E-state index contributed by atoms with van der Waals surface area (Å²) in [6.07, 6.45) is 2.25. The van der Waals surface area contributed by atoms with Crippen LogP contribution in [0.5, 0.6) is 0 Å². The van der Waals surface area contributed by atoms with Gasteiger partial charge in [0.15, 0.2) is 0 Å². The summed E-state index contributed by atoms with van der Waals surface area (Å²) < 4.78 is 0. The van der Waals surface area contributed by atoms with Crippen LogP contribution in [0.3, 0.4) is 0 Å². The third kappa shape index (κ3) is 3.63. The molecular formula is C23H24ClN3O5. The van der Waals surface area contributed by atoms with Gasteiger partial charge in [0, 0.05) is 17.4 Å². The number of benzene rings is 2. The lowest BCUT2D eigenvalue weighted by molar-refractivity contribution is -0.138. The number of likely N-dealkylation sites (tertiary alicyclic amines) is 1. The second kappa shape index (κ2) is 8.52. The number of halogens is 1. The molecule has 2 saturated heterocycles. The monoisotopic (exact) mass is 457 g/mol. The zero-order chi connectivity index (χ0) is 21.7. The van der Waals surface area contributed by atoms with E-state index in [4.69, 9.17) is 5.11 Å². The molecular weight excluding hydrogens is 434 g/mol. The van der Waals surface area contributed by atoms with E-state index in [1.165, 1.54) is 0 Å². The fourth-order valence-electron chi connectivity index (χ4n) is 5.22. The summed E-state index contributed by atoms with van der Waals surface area (Å²) in [7, 11) is 0. The van der Waals surface area contributed by atoms with Crippen molar-refractivity contribution < 1.29 is 24.3 Å². The highest BCUT2D eigenvalue weighted by Crippen LogP contribution is 2.43. The number of piperidine rings is 2. The van der Waals surface area contributed by atoms with E-state index in [-0.39, 0.29) is 43.1 Å². The third-order valence-electron chi connectivity index (χ3n) is 6.67. The standard InChI is InChI=1S/C23H23N3O5.ClH/c27-19-7-6-18(22(30)24-19)26-17-3-1-2-15-14(4-5-16(21(15)17)23(26)31)13-8-10-25(11-9-13)12-20(28)29;/h1-5,13,18H,6-12H2,(H,28,29)(H,24,27,30);1H. The highest BCUT2D eigenvalue weighted by atomic mass is 35.5. The lowest BCUT2D eigenvalue weighted by Crippen LogP contribution is -2.53. The first-order valence-electron chi connectivity index (χ1n) is 10.6. The summed E-state index contributed by atoms with van der Waals surface area (Å²) in [6, 6.07) is 8.94. The van der Waals surface area contributed by atoms with Gasteiger partial charge in [0.2, 0.25) is 11.8 Å². The first-order chi connectivity index (χ1) is 14.9. The van der Waals surface area contributed by atoms with E-state index >= 15 is 0 Å². The Morgan fingerprint density at radius 2 is 1.81 bits per heavy atom. The molecule has 2 aromatic carbocycles. The number of nitrogens with zero attached hydrogens (tertiary/aromatic N) is 2. The van der Waals surface area contributed by atoms with Gasteiger partial charge in [-0.3, -0.25) is 34.3 Å². The number of carboxylic acids is 1. The van der Waals surface area contributed by atoms with Crippen LogP contribution in [0.4, 0.5) is 5.69 Å². The normalized spacial score (nSPS) is 21.6. The number of hydrogen-bond donors (Lipinski definition) is 2. The van der Waals surface area contributed by atoms with Crippen LogP contribution in [0, 0.1) is 0 Å². The number of rotatable bonds is 4. The Labute approximate surface area is 191 Å². The van der Waals surface area contributed by atoms with Crippen molar-refractivity contribution in [3.63, 3.8) is 0 Å². The van der Waals surface area contributed by atoms with Gasteiger partial charge in [-0.1, -0.05) is 18.2 Å². The topological polar surface area (TPSA) is 107 Å². The van der Waals surface area contributed by atoms with Gasteiger partial charge in [0.05, 0.1) is 12.2 Å². The average molecular weight is 458 g/mol. The molecule has 2 aromatic rings. The molecule has 5 rings (SSSR count). The quantitative estimate of drug-likeness (QED) is 0.682. The predicted molar refractivity (Wildman–Crippen MR) is 120 cm³/mol. The Bertz CT molecular complexity index is 1130. The van der Waals surface area contributed by atoms with Crippen molar-refractivity contribution in [2.75, 3.05) is 24.5 Å². The Morgan fingerprint density at radius 1 is 1.06 bits per heavy atom. The Hall–Kier alpha value is -2.97. The lowest BCUT2D eigenvalue weighted by Gasteiger charge is -2.31. The summed E-state index contributed by atoms with van der Waals surface area (Å²) in [5, 5.41) is 13.2. The van der Waals surface area contributed by atoms with Crippen LogP contribution in [0.25, 0.3) is 10.8 Å². The number of imide groups is 1. The minimum absolute atomic E-state index is 0. The van der Waals surface area contributed by atoms with E-state index in [1.54, 1.807) is 4.90 Å². The van der Waals surface area contributed by atoms with Crippen molar-refractivity contribution in [2.45, 2.75) is 37.6 Å². The maximum atomic E-state index is 13.2. The molecule has 0 bridgehead atoms. The van der Waals surface area contributed by atoms with Crippen molar-refractivity contribution in [2.24, 2.45) is 0 Å². The van der Waals surface area contributed by atoms with Crippen LogP contribution in [-0.4, -0.2) is 59.4 Å². The molecule has 2 N–H and O–H groups in total.